The molecule has 1 fully saturated rings. The van der Waals surface area contributed by atoms with Gasteiger partial charge in [-0.15, -0.1) is 0 Å². The maximum absolute atomic E-state index is 6.11. The largest absolute Gasteiger partial charge is 0.382 e. The molecule has 164 valence electrons. The minimum Gasteiger partial charge on any atom is -0.382 e. The van der Waals surface area contributed by atoms with Gasteiger partial charge in [0, 0.05) is 70.7 Å². The lowest BCUT2D eigenvalue weighted by Crippen LogP contribution is -2.47. The monoisotopic (exact) mass is 425 g/mol. The number of hydrogen-bond donors (Lipinski definition) is 2. The second kappa shape index (κ2) is 14.4. The van der Waals surface area contributed by atoms with Gasteiger partial charge in [0.1, 0.15) is 0 Å². The zero-order chi connectivity index (χ0) is 20.7. The van der Waals surface area contributed by atoms with Gasteiger partial charge in [0.25, 0.3) is 0 Å². The van der Waals surface area contributed by atoms with E-state index in [0.717, 1.165) is 76.2 Å². The van der Waals surface area contributed by atoms with Gasteiger partial charge in [0.15, 0.2) is 5.96 Å². The van der Waals surface area contributed by atoms with E-state index in [2.05, 4.69) is 31.5 Å². The summed E-state index contributed by atoms with van der Waals surface area (Å²) in [6.07, 6.45) is 2.04. The van der Waals surface area contributed by atoms with Crippen molar-refractivity contribution in [3.63, 3.8) is 0 Å². The normalized spacial score (nSPS) is 15.6. The molecule has 29 heavy (non-hydrogen) atoms. The Morgan fingerprint density at radius 1 is 1.07 bits per heavy atom. The first-order chi connectivity index (χ1) is 14.2. The third-order valence-corrected chi connectivity index (χ3v) is 5.14. The van der Waals surface area contributed by atoms with Crippen molar-refractivity contribution in [3.8, 4) is 0 Å². The molecule has 1 aliphatic rings. The third kappa shape index (κ3) is 9.67. The number of piperazine rings is 1. The molecule has 1 aromatic rings. The molecular weight excluding hydrogens is 390 g/mol. The Morgan fingerprint density at radius 3 is 2.52 bits per heavy atom. The molecule has 1 saturated heterocycles. The molecule has 2 N–H and O–H groups in total. The number of hydrogen-bond acceptors (Lipinski definition) is 5. The van der Waals surface area contributed by atoms with Crippen molar-refractivity contribution in [1.29, 1.82) is 0 Å². The van der Waals surface area contributed by atoms with Crippen molar-refractivity contribution in [2.45, 2.75) is 12.8 Å². The summed E-state index contributed by atoms with van der Waals surface area (Å²) >= 11 is 6.11. The number of aliphatic imine (C=N–C) groups is 1. The highest BCUT2D eigenvalue weighted by atomic mass is 35.5. The van der Waals surface area contributed by atoms with E-state index in [9.17, 15) is 0 Å². The zero-order valence-corrected chi connectivity index (χ0v) is 18.6. The molecule has 0 amide bonds. The quantitative estimate of drug-likeness (QED) is 0.304. The number of guanidine groups is 1. The predicted octanol–water partition coefficient (Wildman–Crippen LogP) is 2.07. The summed E-state index contributed by atoms with van der Waals surface area (Å²) in [5.74, 6) is 0.854. The summed E-state index contributed by atoms with van der Waals surface area (Å²) in [6, 6.07) is 8.13. The molecule has 0 spiro atoms. The van der Waals surface area contributed by atoms with Crippen LogP contribution in [0.5, 0.6) is 0 Å². The number of rotatable bonds is 12. The molecule has 7 nitrogen and oxygen atoms in total. The van der Waals surface area contributed by atoms with E-state index >= 15 is 0 Å². The minimum atomic E-state index is 0.645. The number of benzene rings is 1. The minimum absolute atomic E-state index is 0.645. The summed E-state index contributed by atoms with van der Waals surface area (Å²) in [5, 5.41) is 7.51. The van der Waals surface area contributed by atoms with Crippen molar-refractivity contribution < 1.29 is 9.47 Å². The standard InChI is InChI=1S/C21H36ClN5O2/c1-23-21(25-9-5-15-29-17-16-28-2)24-8-4-10-26-11-13-27(14-12-26)20-7-3-6-19(22)18-20/h3,6-7,18H,4-5,8-17H2,1-2H3,(H2,23,24,25). The Morgan fingerprint density at radius 2 is 1.83 bits per heavy atom. The van der Waals surface area contributed by atoms with Crippen molar-refractivity contribution in [2.24, 2.45) is 4.99 Å². The Balaban J connectivity index is 1.51. The van der Waals surface area contributed by atoms with E-state index < -0.39 is 0 Å². The Kier molecular flexibility index (Phi) is 11.8. The molecule has 2 rings (SSSR count). The lowest BCUT2D eigenvalue weighted by molar-refractivity contribution is 0.0698. The van der Waals surface area contributed by atoms with Gasteiger partial charge >= 0.3 is 0 Å². The lowest BCUT2D eigenvalue weighted by Gasteiger charge is -2.36. The van der Waals surface area contributed by atoms with Crippen LogP contribution in [0.3, 0.4) is 0 Å². The number of nitrogens with one attached hydrogen (secondary N) is 2. The number of methoxy groups -OCH3 is 1. The van der Waals surface area contributed by atoms with Crippen LogP contribution in [0.2, 0.25) is 5.02 Å². The fourth-order valence-corrected chi connectivity index (χ4v) is 3.44. The van der Waals surface area contributed by atoms with Crippen LogP contribution in [-0.4, -0.2) is 90.7 Å². The maximum Gasteiger partial charge on any atom is 0.190 e. The van der Waals surface area contributed by atoms with E-state index in [1.54, 1.807) is 14.2 Å². The zero-order valence-electron chi connectivity index (χ0n) is 17.8. The molecule has 0 atom stereocenters. The van der Waals surface area contributed by atoms with Crippen molar-refractivity contribution in [2.75, 3.05) is 84.7 Å². The lowest BCUT2D eigenvalue weighted by atomic mass is 10.2. The van der Waals surface area contributed by atoms with Crippen LogP contribution in [-0.2, 0) is 9.47 Å². The van der Waals surface area contributed by atoms with Crippen LogP contribution < -0.4 is 15.5 Å². The second-order valence-electron chi connectivity index (χ2n) is 7.05. The molecular formula is C21H36ClN5O2. The van der Waals surface area contributed by atoms with E-state index in [-0.39, 0.29) is 0 Å². The topological polar surface area (TPSA) is 61.4 Å². The summed E-state index contributed by atoms with van der Waals surface area (Å²) in [5.41, 5.74) is 1.22. The van der Waals surface area contributed by atoms with Crippen LogP contribution in [0.25, 0.3) is 0 Å². The van der Waals surface area contributed by atoms with Gasteiger partial charge in [-0.3, -0.25) is 9.89 Å². The molecule has 0 saturated carbocycles. The molecule has 1 heterocycles. The Labute approximate surface area is 180 Å². The van der Waals surface area contributed by atoms with E-state index in [4.69, 9.17) is 21.1 Å². The van der Waals surface area contributed by atoms with Crippen LogP contribution >= 0.6 is 11.6 Å². The molecule has 1 aliphatic heterocycles. The summed E-state index contributed by atoms with van der Waals surface area (Å²) in [4.78, 5) is 9.20. The first-order valence-electron chi connectivity index (χ1n) is 10.5. The highest BCUT2D eigenvalue weighted by Gasteiger charge is 2.16. The van der Waals surface area contributed by atoms with Crippen molar-refractivity contribution >= 4 is 23.2 Å². The summed E-state index contributed by atoms with van der Waals surface area (Å²) in [7, 11) is 3.49. The SMILES string of the molecule is CN=C(NCCCOCCOC)NCCCN1CCN(c2cccc(Cl)c2)CC1. The molecule has 8 heteroatoms. The molecule has 1 aromatic carbocycles. The number of ether oxygens (including phenoxy) is 2. The molecule has 0 aliphatic carbocycles. The van der Waals surface area contributed by atoms with E-state index in [1.165, 1.54) is 5.69 Å². The van der Waals surface area contributed by atoms with E-state index in [0.29, 0.717) is 13.2 Å². The fourth-order valence-electron chi connectivity index (χ4n) is 3.26. The van der Waals surface area contributed by atoms with Crippen LogP contribution in [0.1, 0.15) is 12.8 Å². The van der Waals surface area contributed by atoms with Gasteiger partial charge in [0.05, 0.1) is 13.2 Å². The third-order valence-electron chi connectivity index (χ3n) is 4.90. The molecule has 0 radical (unpaired) electrons. The average Bonchev–Trinajstić information content (AvgIpc) is 2.75. The summed E-state index contributed by atoms with van der Waals surface area (Å²) < 4.78 is 10.4. The first kappa shape index (κ1) is 23.7. The highest BCUT2D eigenvalue weighted by molar-refractivity contribution is 6.30. The smallest absolute Gasteiger partial charge is 0.190 e. The van der Waals surface area contributed by atoms with Crippen LogP contribution in [0, 0.1) is 0 Å². The van der Waals surface area contributed by atoms with Gasteiger partial charge < -0.3 is 25.0 Å². The second-order valence-corrected chi connectivity index (χ2v) is 7.48. The van der Waals surface area contributed by atoms with Gasteiger partial charge in [0.2, 0.25) is 0 Å². The van der Waals surface area contributed by atoms with Crippen LogP contribution in [0.4, 0.5) is 5.69 Å². The maximum atomic E-state index is 6.11. The number of nitrogens with zero attached hydrogens (tertiary/aromatic N) is 3. The van der Waals surface area contributed by atoms with Gasteiger partial charge in [-0.05, 0) is 37.6 Å². The Hall–Kier alpha value is -1.54. The summed E-state index contributed by atoms with van der Waals surface area (Å²) in [6.45, 7) is 9.15. The number of halogens is 1. The molecule has 0 bridgehead atoms. The first-order valence-corrected chi connectivity index (χ1v) is 10.8. The predicted molar refractivity (Wildman–Crippen MR) is 121 cm³/mol. The highest BCUT2D eigenvalue weighted by Crippen LogP contribution is 2.20. The average molecular weight is 426 g/mol. The fraction of sp³-hybridized carbons (Fsp3) is 0.667. The van der Waals surface area contributed by atoms with Crippen LogP contribution in [0.15, 0.2) is 29.3 Å². The van der Waals surface area contributed by atoms with Crippen molar-refractivity contribution in [3.05, 3.63) is 29.3 Å². The van der Waals surface area contributed by atoms with Gasteiger partial charge in [-0.1, -0.05) is 17.7 Å². The van der Waals surface area contributed by atoms with E-state index in [1.807, 2.05) is 18.2 Å². The van der Waals surface area contributed by atoms with Crippen molar-refractivity contribution in [1.82, 2.24) is 15.5 Å². The van der Waals surface area contributed by atoms with Gasteiger partial charge in [-0.2, -0.15) is 0 Å². The number of anilines is 1. The Bertz CT molecular complexity index is 594. The molecule has 0 unspecified atom stereocenters. The molecule has 0 aromatic heterocycles. The van der Waals surface area contributed by atoms with Gasteiger partial charge in [-0.25, -0.2) is 0 Å².